The van der Waals surface area contributed by atoms with E-state index >= 15 is 0 Å². The Kier molecular flexibility index (Phi) is 11.9. The molecule has 0 aliphatic carbocycles. The predicted molar refractivity (Wildman–Crippen MR) is 207 cm³/mol. The molecule has 0 bridgehead atoms. The quantitative estimate of drug-likeness (QED) is 0.198. The van der Waals surface area contributed by atoms with E-state index in [1.165, 1.54) is 14.2 Å². The zero-order chi connectivity index (χ0) is 40.3. The number of allylic oxidation sites excluding steroid dienone is 1. The molecule has 0 radical (unpaired) electrons. The second-order valence-electron chi connectivity index (χ2n) is 15.2. The lowest BCUT2D eigenvalue weighted by Crippen LogP contribution is -2.53. The van der Waals surface area contributed by atoms with Crippen molar-refractivity contribution in [2.75, 3.05) is 27.3 Å². The van der Waals surface area contributed by atoms with Gasteiger partial charge in [0.05, 0.1) is 44.7 Å². The number of H-pyrrole nitrogens is 1. The number of carbonyl (C=O) groups excluding carboxylic acids is 4. The Bertz CT molecular complexity index is 1990. The fourth-order valence-corrected chi connectivity index (χ4v) is 7.63. The van der Waals surface area contributed by atoms with E-state index in [1.807, 2.05) is 61.3 Å². The van der Waals surface area contributed by atoms with Crippen molar-refractivity contribution >= 4 is 35.3 Å². The van der Waals surface area contributed by atoms with Gasteiger partial charge in [0.2, 0.25) is 11.8 Å². The number of hydrogen-bond acceptors (Lipinski definition) is 8. The smallest absolute Gasteiger partial charge is 0.407 e. The van der Waals surface area contributed by atoms with Crippen LogP contribution in [0.15, 0.2) is 65.9 Å². The highest BCUT2D eigenvalue weighted by Crippen LogP contribution is 2.41. The molecule has 56 heavy (non-hydrogen) atoms. The summed E-state index contributed by atoms with van der Waals surface area (Å²) in [5.74, 6) is -4.12. The Labute approximate surface area is 324 Å². The summed E-state index contributed by atoms with van der Waals surface area (Å²) in [5, 5.41) is 5.17. The predicted octanol–water partition coefficient (Wildman–Crippen LogP) is 6.59. The van der Waals surface area contributed by atoms with Gasteiger partial charge in [-0.1, -0.05) is 76.2 Å². The number of alkyl carbamates (subject to hydrolysis) is 2. The van der Waals surface area contributed by atoms with Crippen molar-refractivity contribution in [3.05, 3.63) is 72.3 Å². The number of halogens is 2. The lowest BCUT2D eigenvalue weighted by molar-refractivity contribution is -0.136. The summed E-state index contributed by atoms with van der Waals surface area (Å²) < 4.78 is 38.9. The van der Waals surface area contributed by atoms with E-state index in [0.29, 0.717) is 18.7 Å². The number of alkyl halides is 2. The van der Waals surface area contributed by atoms with Crippen molar-refractivity contribution in [2.45, 2.75) is 83.5 Å². The van der Waals surface area contributed by atoms with Crippen molar-refractivity contribution in [2.24, 2.45) is 16.8 Å². The van der Waals surface area contributed by atoms with E-state index in [1.54, 1.807) is 20.0 Å². The second-order valence-corrected chi connectivity index (χ2v) is 15.2. The summed E-state index contributed by atoms with van der Waals surface area (Å²) in [4.78, 5) is 66.1. The largest absolute Gasteiger partial charge is 0.453 e. The molecule has 2 aromatic carbocycles. The van der Waals surface area contributed by atoms with E-state index in [2.05, 4.69) is 37.5 Å². The highest BCUT2D eigenvalue weighted by molar-refractivity contribution is 6.04. The Morgan fingerprint density at radius 2 is 1.34 bits per heavy atom. The van der Waals surface area contributed by atoms with Crippen LogP contribution in [0.2, 0.25) is 0 Å². The molecule has 2 fully saturated rings. The zero-order valence-corrected chi connectivity index (χ0v) is 32.5. The van der Waals surface area contributed by atoms with Gasteiger partial charge in [0.25, 0.3) is 5.92 Å². The average molecular weight is 774 g/mol. The number of benzene rings is 2. The Balaban J connectivity index is 1.09. The third kappa shape index (κ3) is 8.61. The minimum Gasteiger partial charge on any atom is -0.453 e. The lowest BCUT2D eigenvalue weighted by atomic mass is 9.95. The molecule has 3 N–H and O–H groups in total. The van der Waals surface area contributed by atoms with Crippen LogP contribution < -0.4 is 10.6 Å². The van der Waals surface area contributed by atoms with Crippen LogP contribution in [0.25, 0.3) is 28.0 Å². The van der Waals surface area contributed by atoms with Crippen LogP contribution in [0.5, 0.6) is 0 Å². The van der Waals surface area contributed by atoms with Gasteiger partial charge in [0, 0.05) is 31.3 Å². The lowest BCUT2D eigenvalue weighted by Gasteiger charge is -2.31. The Morgan fingerprint density at radius 3 is 1.89 bits per heavy atom. The molecule has 4 heterocycles. The molecule has 3 aliphatic heterocycles. The van der Waals surface area contributed by atoms with E-state index < -0.39 is 55.1 Å². The van der Waals surface area contributed by atoms with E-state index in [-0.39, 0.29) is 29.6 Å². The normalized spacial score (nSPS) is 20.1. The monoisotopic (exact) mass is 773 g/mol. The van der Waals surface area contributed by atoms with Crippen molar-refractivity contribution in [1.82, 2.24) is 30.4 Å². The minimum absolute atomic E-state index is 0.108. The van der Waals surface area contributed by atoms with Gasteiger partial charge in [-0.3, -0.25) is 14.6 Å². The zero-order valence-electron chi connectivity index (χ0n) is 32.5. The van der Waals surface area contributed by atoms with Gasteiger partial charge in [0.1, 0.15) is 17.9 Å². The maximum Gasteiger partial charge on any atom is 0.407 e. The highest BCUT2D eigenvalue weighted by atomic mass is 19.3. The fraction of sp³-hybridized carbons (Fsp3) is 0.463. The first kappa shape index (κ1) is 40.1. The number of rotatable bonds is 11. The molecule has 6 rings (SSSR count). The Hall–Kier alpha value is -5.60. The van der Waals surface area contributed by atoms with Gasteiger partial charge in [-0.2, -0.15) is 0 Å². The van der Waals surface area contributed by atoms with Gasteiger partial charge in [-0.05, 0) is 52.5 Å². The Morgan fingerprint density at radius 1 is 0.804 bits per heavy atom. The fourth-order valence-electron chi connectivity index (χ4n) is 7.63. The topological polar surface area (TPSA) is 158 Å². The van der Waals surface area contributed by atoms with Crippen LogP contribution >= 0.6 is 0 Å². The minimum atomic E-state index is -3.12. The van der Waals surface area contributed by atoms with Gasteiger partial charge < -0.3 is 34.9 Å². The molecule has 3 aliphatic rings. The van der Waals surface area contributed by atoms with Crippen LogP contribution in [-0.2, 0) is 19.1 Å². The summed E-state index contributed by atoms with van der Waals surface area (Å²) in [6.07, 6.45) is 3.69. The molecule has 2 saturated heterocycles. The van der Waals surface area contributed by atoms with Gasteiger partial charge >= 0.3 is 12.2 Å². The summed E-state index contributed by atoms with van der Waals surface area (Å²) in [7, 11) is 2.45. The SMILES string of the molecule is COC(=O)N[C@H](C(=O)N1CCC[C@H]1C1=NC=C(c2ccc(-c3ccc(-c4cnc([C@@H]5CC(F)(F)CN5C(=O)[C@@H](NC(=O)OC)C(C)C)[nH]4)cc3)cc2)C1)C(C)C. The number of amides is 4. The van der Waals surface area contributed by atoms with Crippen LogP contribution in [0, 0.1) is 11.8 Å². The number of imidazole rings is 1. The van der Waals surface area contributed by atoms with E-state index in [9.17, 15) is 28.0 Å². The summed E-state index contributed by atoms with van der Waals surface area (Å²) in [6.45, 7) is 7.05. The molecule has 1 aromatic heterocycles. The van der Waals surface area contributed by atoms with Crippen molar-refractivity contribution in [3.63, 3.8) is 0 Å². The van der Waals surface area contributed by atoms with Crippen molar-refractivity contribution in [3.8, 4) is 22.4 Å². The second kappa shape index (κ2) is 16.6. The molecule has 0 saturated carbocycles. The van der Waals surface area contributed by atoms with Crippen LogP contribution in [0.4, 0.5) is 18.4 Å². The number of likely N-dealkylation sites (tertiary alicyclic amines) is 2. The molecular formula is C41H49F2N7O6. The first-order chi connectivity index (χ1) is 26.7. The standard InChI is InChI=1S/C41H49F2N7O6/c1-23(2)34(47-39(53)55-5)37(51)49-17-7-8-32(49)30-18-29(20-44-30)27-11-9-25(10-12-27)26-13-15-28(16-14-26)31-21-45-36(46-31)33-19-41(42,43)22-50(33)38(52)35(24(3)4)48-40(54)56-6/h9-16,20-21,23-24,32-35H,7-8,17-19,22H2,1-6H3,(H,45,46)(H,47,53)(H,48,54)/t32-,33-,34-,35-/m0/s1. The number of aliphatic imine (C=N–C) groups is 1. The maximum absolute atomic E-state index is 14.8. The number of aromatic nitrogens is 2. The molecular weight excluding hydrogens is 724 g/mol. The number of methoxy groups -OCH3 is 2. The molecule has 0 spiro atoms. The first-order valence-corrected chi connectivity index (χ1v) is 18.9. The number of ether oxygens (including phenoxy) is 2. The molecule has 4 amide bonds. The van der Waals surface area contributed by atoms with Gasteiger partial charge in [-0.15, -0.1) is 0 Å². The number of aromatic amines is 1. The molecule has 4 atom stereocenters. The van der Waals surface area contributed by atoms with Crippen LogP contribution in [-0.4, -0.2) is 101 Å². The third-order valence-electron chi connectivity index (χ3n) is 10.7. The molecule has 298 valence electrons. The molecule has 15 heteroatoms. The summed E-state index contributed by atoms with van der Waals surface area (Å²) in [6, 6.07) is 13.1. The number of nitrogens with zero attached hydrogens (tertiary/aromatic N) is 4. The molecule has 13 nitrogen and oxygen atoms in total. The number of nitrogens with one attached hydrogen (secondary N) is 3. The van der Waals surface area contributed by atoms with E-state index in [0.717, 1.165) is 51.3 Å². The van der Waals surface area contributed by atoms with Crippen LogP contribution in [0.3, 0.4) is 0 Å². The molecule has 0 unspecified atom stereocenters. The summed E-state index contributed by atoms with van der Waals surface area (Å²) in [5.41, 5.74) is 6.40. The average Bonchev–Trinajstić information content (AvgIpc) is 4.01. The maximum atomic E-state index is 14.8. The van der Waals surface area contributed by atoms with Crippen LogP contribution in [0.1, 0.15) is 70.8 Å². The third-order valence-corrected chi connectivity index (χ3v) is 10.7. The van der Waals surface area contributed by atoms with Crippen molar-refractivity contribution in [1.29, 1.82) is 0 Å². The van der Waals surface area contributed by atoms with Gasteiger partial charge in [0.15, 0.2) is 0 Å². The van der Waals surface area contributed by atoms with E-state index in [4.69, 9.17) is 9.73 Å². The van der Waals surface area contributed by atoms with Crippen molar-refractivity contribution < 1.29 is 37.4 Å². The van der Waals surface area contributed by atoms with Gasteiger partial charge in [-0.25, -0.2) is 23.4 Å². The highest BCUT2D eigenvalue weighted by Gasteiger charge is 2.50. The number of carbonyl (C=O) groups is 4. The molecule has 3 aromatic rings. The number of hydrogen-bond donors (Lipinski definition) is 3. The first-order valence-electron chi connectivity index (χ1n) is 18.9. The summed E-state index contributed by atoms with van der Waals surface area (Å²) >= 11 is 0.